The van der Waals surface area contributed by atoms with Gasteiger partial charge >= 0.3 is 6.09 Å². The quantitative estimate of drug-likeness (QED) is 0.479. The Hall–Kier alpha value is -2.70. The number of hydrogen-bond donors (Lipinski definition) is 0. The lowest BCUT2D eigenvalue weighted by Crippen LogP contribution is -2.51. The van der Waals surface area contributed by atoms with Crippen LogP contribution in [0.5, 0.6) is 0 Å². The Bertz CT molecular complexity index is 1210. The summed E-state index contributed by atoms with van der Waals surface area (Å²) in [5.41, 5.74) is 0.681. The molecule has 4 aliphatic heterocycles. The van der Waals surface area contributed by atoms with Crippen molar-refractivity contribution in [2.24, 2.45) is 17.8 Å². The normalized spacial score (nSPS) is 31.9. The number of Topliss-reactive ketones (excluding diaryl/α,β-unsaturated/α-hetero) is 1. The highest BCUT2D eigenvalue weighted by Gasteiger charge is 2.52. The van der Waals surface area contributed by atoms with Gasteiger partial charge in [0.25, 0.3) is 0 Å². The molecule has 41 heavy (non-hydrogen) atoms. The highest BCUT2D eigenvalue weighted by molar-refractivity contribution is 5.89. The van der Waals surface area contributed by atoms with Crippen LogP contribution in [-0.2, 0) is 20.7 Å². The Morgan fingerprint density at radius 1 is 1.15 bits per heavy atom. The number of likely N-dealkylation sites (tertiary alicyclic amines) is 2. The minimum absolute atomic E-state index is 0.00107. The fraction of sp³-hybridized carbons (Fsp3) is 0.719. The number of halogens is 1. The SMILES string of the molecule is CC(C)(C)OC(=O)N1[C@@H]2CC[C@@H](C2)[C@H]1C(=O)C[C@H](C#N)Cc1ccc(N2CC3CCN(C4CCOC4)C3C2)cc1F. The molecule has 8 nitrogen and oxygen atoms in total. The predicted molar refractivity (Wildman–Crippen MR) is 152 cm³/mol. The number of carbonyl (C=O) groups excluding carboxylic acids is 2. The van der Waals surface area contributed by atoms with Gasteiger partial charge in [-0.05, 0) is 95.4 Å². The lowest BCUT2D eigenvalue weighted by Gasteiger charge is -2.35. The van der Waals surface area contributed by atoms with Crippen LogP contribution in [0, 0.1) is 34.9 Å². The molecule has 4 heterocycles. The summed E-state index contributed by atoms with van der Waals surface area (Å²) in [6.45, 7) is 10.1. The molecule has 9 heteroatoms. The van der Waals surface area contributed by atoms with Crippen molar-refractivity contribution in [1.82, 2.24) is 9.80 Å². The van der Waals surface area contributed by atoms with E-state index in [9.17, 15) is 14.9 Å². The van der Waals surface area contributed by atoms with E-state index in [0.29, 0.717) is 23.6 Å². The Labute approximate surface area is 242 Å². The summed E-state index contributed by atoms with van der Waals surface area (Å²) in [7, 11) is 0. The van der Waals surface area contributed by atoms with E-state index in [-0.39, 0.29) is 36.4 Å². The van der Waals surface area contributed by atoms with Crippen molar-refractivity contribution >= 4 is 17.6 Å². The van der Waals surface area contributed by atoms with Crippen molar-refractivity contribution in [2.75, 3.05) is 37.7 Å². The summed E-state index contributed by atoms with van der Waals surface area (Å²) in [6.07, 6.45) is 4.55. The maximum atomic E-state index is 15.4. The second-order valence-corrected chi connectivity index (χ2v) is 13.8. The van der Waals surface area contributed by atoms with Crippen LogP contribution in [0.2, 0.25) is 0 Å². The van der Waals surface area contributed by atoms with Gasteiger partial charge < -0.3 is 14.4 Å². The molecule has 0 spiro atoms. The average Bonchev–Trinajstić information content (AvgIpc) is 3.73. The number of nitrogens with zero attached hydrogens (tertiary/aromatic N) is 4. The Morgan fingerprint density at radius 2 is 1.98 bits per heavy atom. The number of nitriles is 1. The van der Waals surface area contributed by atoms with Crippen molar-refractivity contribution in [3.63, 3.8) is 0 Å². The molecule has 7 atom stereocenters. The van der Waals surface area contributed by atoms with Crippen LogP contribution in [-0.4, -0.2) is 84.3 Å². The number of ketones is 1. The maximum Gasteiger partial charge on any atom is 0.411 e. The molecule has 222 valence electrons. The van der Waals surface area contributed by atoms with Crippen molar-refractivity contribution < 1.29 is 23.5 Å². The number of carbonyl (C=O) groups is 2. The summed E-state index contributed by atoms with van der Waals surface area (Å²) in [6, 6.07) is 8.02. The van der Waals surface area contributed by atoms with Crippen molar-refractivity contribution in [3.05, 3.63) is 29.6 Å². The molecule has 1 aliphatic carbocycles. The molecule has 1 saturated carbocycles. The highest BCUT2D eigenvalue weighted by Crippen LogP contribution is 2.44. The second-order valence-electron chi connectivity index (χ2n) is 13.8. The van der Waals surface area contributed by atoms with Crippen LogP contribution in [0.4, 0.5) is 14.9 Å². The molecule has 2 bridgehead atoms. The fourth-order valence-corrected chi connectivity index (χ4v) is 8.11. The fourth-order valence-electron chi connectivity index (χ4n) is 8.11. The van der Waals surface area contributed by atoms with Gasteiger partial charge in [0, 0.05) is 49.9 Å². The molecule has 0 radical (unpaired) electrons. The number of ether oxygens (including phenoxy) is 2. The smallest absolute Gasteiger partial charge is 0.411 e. The van der Waals surface area contributed by atoms with Gasteiger partial charge in [0.15, 0.2) is 5.78 Å². The Morgan fingerprint density at radius 3 is 2.68 bits per heavy atom. The first-order chi connectivity index (χ1) is 19.6. The van der Waals surface area contributed by atoms with E-state index in [1.807, 2.05) is 26.8 Å². The minimum atomic E-state index is -0.657. The van der Waals surface area contributed by atoms with Crippen LogP contribution in [0.15, 0.2) is 18.2 Å². The number of fused-ring (bicyclic) bond motifs is 3. The molecular formula is C32H43FN4O4. The molecule has 1 aromatic rings. The van der Waals surface area contributed by atoms with Crippen LogP contribution >= 0.6 is 0 Å². The molecule has 3 unspecified atom stereocenters. The molecule has 0 aromatic heterocycles. The molecule has 0 N–H and O–H groups in total. The lowest BCUT2D eigenvalue weighted by atomic mass is 9.88. The standard InChI is InChI=1S/C32H43FN4O4/c1-32(2,3)41-31(39)37-25-7-5-22(14-25)30(37)29(38)13-20(16-34)12-21-4-6-24(15-27(21)33)35-17-23-8-10-36(28(23)18-35)26-9-11-40-19-26/h4,6,15,20,22-23,25-26,28,30H,5,7-14,17-19H2,1-3H3/t20-,22+,23?,25-,26?,28?,30+/m1/s1. The second kappa shape index (κ2) is 11.2. The third-order valence-electron chi connectivity index (χ3n) is 9.98. The van der Waals surface area contributed by atoms with Gasteiger partial charge in [-0.3, -0.25) is 14.6 Å². The molecule has 5 fully saturated rings. The van der Waals surface area contributed by atoms with Gasteiger partial charge in [-0.1, -0.05) is 6.07 Å². The topological polar surface area (TPSA) is 86.1 Å². The van der Waals surface area contributed by atoms with Crippen LogP contribution < -0.4 is 4.90 Å². The monoisotopic (exact) mass is 566 g/mol. The highest BCUT2D eigenvalue weighted by atomic mass is 19.1. The third-order valence-corrected chi connectivity index (χ3v) is 9.98. The number of amides is 1. The molecule has 1 aromatic carbocycles. The zero-order valence-corrected chi connectivity index (χ0v) is 24.6. The first kappa shape index (κ1) is 28.4. The summed E-state index contributed by atoms with van der Waals surface area (Å²) < 4.78 is 26.6. The molecular weight excluding hydrogens is 523 g/mol. The van der Waals surface area contributed by atoms with Crippen LogP contribution in [0.1, 0.15) is 64.9 Å². The van der Waals surface area contributed by atoms with Gasteiger partial charge in [-0.2, -0.15) is 5.26 Å². The Kier molecular flexibility index (Phi) is 7.75. The van der Waals surface area contributed by atoms with Crippen molar-refractivity contribution in [3.8, 4) is 6.07 Å². The minimum Gasteiger partial charge on any atom is -0.444 e. The number of piperidine rings is 1. The number of hydrogen-bond acceptors (Lipinski definition) is 7. The molecule has 6 rings (SSSR count). The van der Waals surface area contributed by atoms with Crippen LogP contribution in [0.3, 0.4) is 0 Å². The van der Waals surface area contributed by atoms with Crippen LogP contribution in [0.25, 0.3) is 0 Å². The zero-order chi connectivity index (χ0) is 28.9. The predicted octanol–water partition coefficient (Wildman–Crippen LogP) is 4.55. The molecule has 1 amide bonds. The van der Waals surface area contributed by atoms with Gasteiger partial charge in [0.2, 0.25) is 0 Å². The summed E-state index contributed by atoms with van der Waals surface area (Å²) >= 11 is 0. The van der Waals surface area contributed by atoms with E-state index < -0.39 is 23.7 Å². The lowest BCUT2D eigenvalue weighted by molar-refractivity contribution is -0.126. The van der Waals surface area contributed by atoms with E-state index in [1.54, 1.807) is 17.0 Å². The first-order valence-electron chi connectivity index (χ1n) is 15.4. The third kappa shape index (κ3) is 5.70. The van der Waals surface area contributed by atoms with Crippen molar-refractivity contribution in [2.45, 2.75) is 95.5 Å². The van der Waals surface area contributed by atoms with Gasteiger partial charge in [-0.15, -0.1) is 0 Å². The van der Waals surface area contributed by atoms with Gasteiger partial charge in [0.1, 0.15) is 11.4 Å². The van der Waals surface area contributed by atoms with E-state index in [4.69, 9.17) is 9.47 Å². The van der Waals surface area contributed by atoms with Gasteiger partial charge in [-0.25, -0.2) is 9.18 Å². The van der Waals surface area contributed by atoms with E-state index in [1.165, 1.54) is 6.42 Å². The number of benzene rings is 1. The average molecular weight is 567 g/mol. The number of anilines is 1. The van der Waals surface area contributed by atoms with E-state index in [0.717, 1.165) is 64.2 Å². The Balaban J connectivity index is 1.08. The summed E-state index contributed by atoms with van der Waals surface area (Å²) in [4.78, 5) is 33.0. The largest absolute Gasteiger partial charge is 0.444 e. The first-order valence-corrected chi connectivity index (χ1v) is 15.4. The van der Waals surface area contributed by atoms with E-state index in [2.05, 4.69) is 15.9 Å². The number of rotatable bonds is 7. The van der Waals surface area contributed by atoms with Crippen molar-refractivity contribution in [1.29, 1.82) is 5.26 Å². The zero-order valence-electron chi connectivity index (χ0n) is 24.6. The van der Waals surface area contributed by atoms with E-state index >= 15 is 4.39 Å². The molecule has 5 aliphatic rings. The summed E-state index contributed by atoms with van der Waals surface area (Å²) in [5.74, 6) is -0.405. The van der Waals surface area contributed by atoms with Gasteiger partial charge in [0.05, 0.1) is 24.6 Å². The maximum absolute atomic E-state index is 15.4. The molecule has 4 saturated heterocycles. The summed E-state index contributed by atoms with van der Waals surface area (Å²) in [5, 5.41) is 9.91.